The molecule has 0 heterocycles. The predicted molar refractivity (Wildman–Crippen MR) is 129 cm³/mol. The van der Waals surface area contributed by atoms with Gasteiger partial charge in [0.2, 0.25) is 23.6 Å². The van der Waals surface area contributed by atoms with E-state index in [1.165, 1.54) is 0 Å². The highest BCUT2D eigenvalue weighted by Crippen LogP contribution is 2.09. The van der Waals surface area contributed by atoms with Crippen LogP contribution in [0.3, 0.4) is 0 Å². The third-order valence-corrected chi connectivity index (χ3v) is 5.66. The molecule has 0 saturated heterocycles. The second kappa shape index (κ2) is 14.2. The smallest absolute Gasteiger partial charge is 0.326 e. The number of hydrogen-bond acceptors (Lipinski definition) is 7. The van der Waals surface area contributed by atoms with Crippen LogP contribution in [0.1, 0.15) is 32.3 Å². The van der Waals surface area contributed by atoms with Crippen molar-refractivity contribution in [2.24, 2.45) is 17.4 Å². The van der Waals surface area contributed by atoms with E-state index in [-0.39, 0.29) is 12.2 Å². The molecule has 0 radical (unpaired) electrons. The molecule has 5 unspecified atom stereocenters. The molecule has 34 heavy (non-hydrogen) atoms. The number of thiol groups is 1. The van der Waals surface area contributed by atoms with Crippen LogP contribution in [0.5, 0.6) is 0 Å². The number of hydrogen-bond donors (Lipinski definition) is 7. The summed E-state index contributed by atoms with van der Waals surface area (Å²) in [7, 11) is 0. The van der Waals surface area contributed by atoms with Crippen LogP contribution in [0.25, 0.3) is 0 Å². The number of carboxylic acid groups (broad SMARTS) is 1. The minimum atomic E-state index is -1.44. The molecular weight excluding hydrogens is 462 g/mol. The van der Waals surface area contributed by atoms with E-state index < -0.39 is 66.1 Å². The number of carbonyl (C=O) groups excluding carboxylic acids is 4. The first kappa shape index (κ1) is 28.9. The number of benzene rings is 1. The number of nitrogens with two attached hydrogens (primary N) is 2. The molecule has 0 aliphatic heterocycles. The Labute approximate surface area is 203 Å². The molecule has 0 aliphatic carbocycles. The summed E-state index contributed by atoms with van der Waals surface area (Å²) in [6.07, 6.45) is -0.0134. The van der Waals surface area contributed by atoms with Crippen molar-refractivity contribution in [1.29, 1.82) is 0 Å². The van der Waals surface area contributed by atoms with Crippen LogP contribution < -0.4 is 27.4 Å². The molecule has 1 aromatic rings. The maximum absolute atomic E-state index is 13.1. The van der Waals surface area contributed by atoms with Gasteiger partial charge in [-0.3, -0.25) is 19.2 Å². The second-order valence-electron chi connectivity index (χ2n) is 7.98. The fraction of sp³-hybridized carbons (Fsp3) is 0.500. The monoisotopic (exact) mass is 495 g/mol. The molecule has 188 valence electrons. The fourth-order valence-corrected chi connectivity index (χ4v) is 3.21. The number of amides is 4. The molecule has 12 heteroatoms. The SMILES string of the molecule is CCC(C)C(NC(=O)C(CC(N)=O)NC(=O)C(Cc1ccccc1)NC(=O)C(N)CS)C(=O)O. The molecule has 11 nitrogen and oxygen atoms in total. The van der Waals surface area contributed by atoms with Gasteiger partial charge in [-0.25, -0.2) is 4.79 Å². The highest BCUT2D eigenvalue weighted by Gasteiger charge is 2.32. The van der Waals surface area contributed by atoms with E-state index >= 15 is 0 Å². The lowest BCUT2D eigenvalue weighted by atomic mass is 9.98. The Hall–Kier alpha value is -3.12. The Morgan fingerprint density at radius 2 is 1.53 bits per heavy atom. The van der Waals surface area contributed by atoms with Gasteiger partial charge in [0.1, 0.15) is 18.1 Å². The summed E-state index contributed by atoms with van der Waals surface area (Å²) < 4.78 is 0. The van der Waals surface area contributed by atoms with Gasteiger partial charge in [-0.05, 0) is 11.5 Å². The van der Waals surface area contributed by atoms with Gasteiger partial charge in [-0.15, -0.1) is 0 Å². The van der Waals surface area contributed by atoms with Gasteiger partial charge in [-0.2, -0.15) is 12.6 Å². The number of aliphatic carboxylic acids is 1. The van der Waals surface area contributed by atoms with Crippen LogP contribution in [-0.2, 0) is 30.4 Å². The minimum Gasteiger partial charge on any atom is -0.480 e. The Morgan fingerprint density at radius 3 is 2.03 bits per heavy atom. The van der Waals surface area contributed by atoms with Gasteiger partial charge in [0.05, 0.1) is 12.5 Å². The van der Waals surface area contributed by atoms with Crippen molar-refractivity contribution in [3.63, 3.8) is 0 Å². The average Bonchev–Trinajstić information content (AvgIpc) is 2.80. The lowest BCUT2D eigenvalue weighted by molar-refractivity contribution is -0.144. The number of carbonyl (C=O) groups is 5. The summed E-state index contributed by atoms with van der Waals surface area (Å²) in [4.78, 5) is 61.3. The molecule has 1 rings (SSSR count). The first-order chi connectivity index (χ1) is 16.0. The zero-order valence-electron chi connectivity index (χ0n) is 19.2. The van der Waals surface area contributed by atoms with Crippen LogP contribution in [-0.4, -0.2) is 64.6 Å². The van der Waals surface area contributed by atoms with E-state index in [1.54, 1.807) is 44.2 Å². The predicted octanol–water partition coefficient (Wildman–Crippen LogP) is -1.05. The van der Waals surface area contributed by atoms with E-state index in [1.807, 2.05) is 0 Å². The third-order valence-electron chi connectivity index (χ3n) is 5.26. The molecule has 0 fully saturated rings. The van der Waals surface area contributed by atoms with Crippen molar-refractivity contribution < 1.29 is 29.1 Å². The van der Waals surface area contributed by atoms with Crippen molar-refractivity contribution in [1.82, 2.24) is 16.0 Å². The maximum atomic E-state index is 13.1. The molecule has 8 N–H and O–H groups in total. The molecule has 1 aromatic carbocycles. The molecule has 0 bridgehead atoms. The summed E-state index contributed by atoms with van der Waals surface area (Å²) in [5.74, 6) is -4.75. The topological polar surface area (TPSA) is 194 Å². The summed E-state index contributed by atoms with van der Waals surface area (Å²) in [6, 6.07) is 4.05. The van der Waals surface area contributed by atoms with Crippen LogP contribution in [0, 0.1) is 5.92 Å². The molecule has 0 spiro atoms. The van der Waals surface area contributed by atoms with E-state index in [2.05, 4.69) is 28.6 Å². The standard InChI is InChI=1S/C22H33N5O6S/c1-3-12(2)18(22(32)33)27-21(31)16(10-17(24)28)26-20(30)15(25-19(29)14(23)11-34)9-13-7-5-4-6-8-13/h4-8,12,14-16,18,34H,3,9-11,23H2,1-2H3,(H2,24,28)(H,25,29)(H,26,30)(H,27,31)(H,32,33). The van der Waals surface area contributed by atoms with Gasteiger partial charge in [-0.1, -0.05) is 50.6 Å². The van der Waals surface area contributed by atoms with Crippen molar-refractivity contribution in [3.05, 3.63) is 35.9 Å². The van der Waals surface area contributed by atoms with Crippen LogP contribution >= 0.6 is 12.6 Å². The van der Waals surface area contributed by atoms with Crippen molar-refractivity contribution in [2.75, 3.05) is 5.75 Å². The molecule has 0 aromatic heterocycles. The first-order valence-electron chi connectivity index (χ1n) is 10.8. The van der Waals surface area contributed by atoms with Crippen molar-refractivity contribution in [3.8, 4) is 0 Å². The second-order valence-corrected chi connectivity index (χ2v) is 8.35. The Morgan fingerprint density at radius 1 is 0.971 bits per heavy atom. The van der Waals surface area contributed by atoms with E-state index in [4.69, 9.17) is 11.5 Å². The van der Waals surface area contributed by atoms with Crippen molar-refractivity contribution >= 4 is 42.2 Å². The Kier molecular flexibility index (Phi) is 12.1. The van der Waals surface area contributed by atoms with Crippen molar-refractivity contribution in [2.45, 2.75) is 57.3 Å². The normalized spacial score (nSPS) is 15.2. The van der Waals surface area contributed by atoms with Gasteiger partial charge < -0.3 is 32.5 Å². The number of primary amides is 1. The summed E-state index contributed by atoms with van der Waals surface area (Å²) in [5.41, 5.74) is 11.7. The molecular formula is C22H33N5O6S. The zero-order chi connectivity index (χ0) is 25.8. The Balaban J connectivity index is 3.11. The lowest BCUT2D eigenvalue weighted by Crippen LogP contribution is -2.59. The zero-order valence-corrected chi connectivity index (χ0v) is 20.1. The quantitative estimate of drug-likeness (QED) is 0.160. The maximum Gasteiger partial charge on any atom is 0.326 e. The Bertz CT molecular complexity index is 869. The van der Waals surface area contributed by atoms with E-state index in [0.717, 1.165) is 5.56 Å². The highest BCUT2D eigenvalue weighted by atomic mass is 32.1. The molecule has 0 aliphatic rings. The van der Waals surface area contributed by atoms with Crippen LogP contribution in [0.4, 0.5) is 0 Å². The first-order valence-corrected chi connectivity index (χ1v) is 11.5. The number of rotatable bonds is 14. The van der Waals surface area contributed by atoms with Crippen LogP contribution in [0.2, 0.25) is 0 Å². The number of carboxylic acids is 1. The fourth-order valence-electron chi connectivity index (χ4n) is 3.04. The highest BCUT2D eigenvalue weighted by molar-refractivity contribution is 7.80. The summed E-state index contributed by atoms with van der Waals surface area (Å²) >= 11 is 3.98. The van der Waals surface area contributed by atoms with Gasteiger partial charge >= 0.3 is 5.97 Å². The minimum absolute atomic E-state index is 0.0460. The van der Waals surface area contributed by atoms with Gasteiger partial charge in [0, 0.05) is 12.2 Å². The van der Waals surface area contributed by atoms with Gasteiger partial charge in [0.15, 0.2) is 0 Å². The molecule has 4 amide bonds. The van der Waals surface area contributed by atoms with E-state index in [9.17, 15) is 29.1 Å². The number of nitrogens with one attached hydrogen (secondary N) is 3. The lowest BCUT2D eigenvalue weighted by Gasteiger charge is -2.26. The molecule has 0 saturated carbocycles. The summed E-state index contributed by atoms with van der Waals surface area (Å²) in [5, 5.41) is 16.7. The molecule has 5 atom stereocenters. The summed E-state index contributed by atoms with van der Waals surface area (Å²) in [6.45, 7) is 3.42. The van der Waals surface area contributed by atoms with E-state index in [0.29, 0.717) is 6.42 Å². The average molecular weight is 496 g/mol. The largest absolute Gasteiger partial charge is 0.480 e. The van der Waals surface area contributed by atoms with Crippen LogP contribution in [0.15, 0.2) is 30.3 Å². The van der Waals surface area contributed by atoms with Gasteiger partial charge in [0.25, 0.3) is 0 Å². The third kappa shape index (κ3) is 9.40.